The normalized spacial score (nSPS) is 16.5. The van der Waals surface area contributed by atoms with Gasteiger partial charge >= 0.3 is 5.96 Å². The highest BCUT2D eigenvalue weighted by molar-refractivity contribution is 5.86. The number of rotatable bonds is 2. The third-order valence-corrected chi connectivity index (χ3v) is 3.38. The summed E-state index contributed by atoms with van der Waals surface area (Å²) >= 11 is 0. The second-order valence-corrected chi connectivity index (χ2v) is 4.91. The molecule has 0 bridgehead atoms. The standard InChI is InChI=1S/C13H22N6/c1-4-18-5-7-19(8-6-18)12(14)17-13-15-10(2)9-11(3)16-13/h9H,4-8H2,1-3H3,(H2,14,15,16,17)/p+1. The van der Waals surface area contributed by atoms with E-state index in [1.165, 1.54) is 0 Å². The number of hydrogen-bond donors (Lipinski definition) is 2. The number of aromatic nitrogens is 2. The maximum atomic E-state index is 6.10. The molecular weight excluding hydrogens is 240 g/mol. The first-order chi connectivity index (χ1) is 9.08. The summed E-state index contributed by atoms with van der Waals surface area (Å²) in [7, 11) is 0. The van der Waals surface area contributed by atoms with Gasteiger partial charge in [0.25, 0.3) is 5.95 Å². The van der Waals surface area contributed by atoms with Crippen LogP contribution in [0, 0.1) is 13.8 Å². The number of guanidine groups is 1. The van der Waals surface area contributed by atoms with Crippen LogP contribution in [0.3, 0.4) is 0 Å². The molecular formula is C13H23N6+. The first-order valence-electron chi connectivity index (χ1n) is 6.77. The number of nitrogens with one attached hydrogen (secondary N) is 1. The first-order valence-corrected chi connectivity index (χ1v) is 6.77. The number of aryl methyl sites for hydroxylation is 2. The van der Waals surface area contributed by atoms with E-state index in [2.05, 4.69) is 31.7 Å². The van der Waals surface area contributed by atoms with Gasteiger partial charge in [-0.3, -0.25) is 15.2 Å². The summed E-state index contributed by atoms with van der Waals surface area (Å²) in [5.74, 6) is 1.22. The SMILES string of the molecule is CCN1CC[N+](=C(N)Nc2nc(C)cc(C)n2)CC1. The lowest BCUT2D eigenvalue weighted by Gasteiger charge is -2.26. The van der Waals surface area contributed by atoms with E-state index in [4.69, 9.17) is 5.73 Å². The number of hydrogen-bond acceptors (Lipinski definition) is 3. The van der Waals surface area contributed by atoms with Gasteiger partial charge < -0.3 is 0 Å². The smallest absolute Gasteiger partial charge is 0.297 e. The Morgan fingerprint density at radius 1 is 1.32 bits per heavy atom. The Bertz CT molecular complexity index is 452. The molecule has 6 nitrogen and oxygen atoms in total. The van der Waals surface area contributed by atoms with Gasteiger partial charge in [-0.15, -0.1) is 0 Å². The Morgan fingerprint density at radius 2 is 1.89 bits per heavy atom. The molecule has 0 aromatic carbocycles. The van der Waals surface area contributed by atoms with Crippen LogP contribution >= 0.6 is 0 Å². The molecule has 1 aliphatic rings. The summed E-state index contributed by atoms with van der Waals surface area (Å²) in [6.45, 7) is 11.2. The summed E-state index contributed by atoms with van der Waals surface area (Å²) in [4.78, 5) is 11.1. The Morgan fingerprint density at radius 3 is 2.42 bits per heavy atom. The summed E-state index contributed by atoms with van der Waals surface area (Å²) in [6.07, 6.45) is 0. The molecule has 1 aromatic heterocycles. The van der Waals surface area contributed by atoms with E-state index in [0.29, 0.717) is 11.9 Å². The fourth-order valence-corrected chi connectivity index (χ4v) is 2.28. The van der Waals surface area contributed by atoms with Crippen LogP contribution < -0.4 is 11.1 Å². The minimum Gasteiger partial charge on any atom is -0.297 e. The molecule has 0 radical (unpaired) electrons. The van der Waals surface area contributed by atoms with Crippen LogP contribution in [0.5, 0.6) is 0 Å². The van der Waals surface area contributed by atoms with Gasteiger partial charge in [0, 0.05) is 24.5 Å². The average Bonchev–Trinajstić information content (AvgIpc) is 2.37. The van der Waals surface area contributed by atoms with Crippen molar-refractivity contribution in [3.8, 4) is 0 Å². The van der Waals surface area contributed by atoms with Crippen molar-refractivity contribution in [2.45, 2.75) is 20.8 Å². The van der Waals surface area contributed by atoms with Crippen LogP contribution in [-0.2, 0) is 0 Å². The van der Waals surface area contributed by atoms with Crippen molar-refractivity contribution in [1.82, 2.24) is 14.9 Å². The van der Waals surface area contributed by atoms with Gasteiger partial charge in [0.05, 0.1) is 13.1 Å². The van der Waals surface area contributed by atoms with E-state index in [-0.39, 0.29) is 0 Å². The maximum Gasteiger partial charge on any atom is 0.350 e. The highest BCUT2D eigenvalue weighted by atomic mass is 15.3. The lowest BCUT2D eigenvalue weighted by atomic mass is 10.3. The average molecular weight is 263 g/mol. The summed E-state index contributed by atoms with van der Waals surface area (Å²) in [6, 6.07) is 1.95. The van der Waals surface area contributed by atoms with Crippen molar-refractivity contribution < 1.29 is 4.58 Å². The van der Waals surface area contributed by atoms with Gasteiger partial charge in [-0.1, -0.05) is 6.92 Å². The molecule has 1 aromatic rings. The van der Waals surface area contributed by atoms with Gasteiger partial charge in [-0.05, 0) is 26.5 Å². The molecule has 1 fully saturated rings. The zero-order valence-corrected chi connectivity index (χ0v) is 12.0. The quantitative estimate of drug-likeness (QED) is 0.588. The Labute approximate surface area is 114 Å². The van der Waals surface area contributed by atoms with Gasteiger partial charge in [-0.25, -0.2) is 15.3 Å². The van der Waals surface area contributed by atoms with Crippen LogP contribution in [0.2, 0.25) is 0 Å². The topological polar surface area (TPSA) is 70.1 Å². The fourth-order valence-electron chi connectivity index (χ4n) is 2.28. The van der Waals surface area contributed by atoms with Crippen LogP contribution in [-0.4, -0.2) is 58.1 Å². The summed E-state index contributed by atoms with van der Waals surface area (Å²) in [5, 5.41) is 3.11. The van der Waals surface area contributed by atoms with Crippen molar-refractivity contribution >= 4 is 11.9 Å². The van der Waals surface area contributed by atoms with E-state index < -0.39 is 0 Å². The van der Waals surface area contributed by atoms with Gasteiger partial charge in [0.2, 0.25) is 0 Å². The second kappa shape index (κ2) is 5.97. The van der Waals surface area contributed by atoms with Crippen LogP contribution in [0.25, 0.3) is 0 Å². The van der Waals surface area contributed by atoms with Gasteiger partial charge in [0.15, 0.2) is 0 Å². The molecule has 0 spiro atoms. The molecule has 3 N–H and O–H groups in total. The van der Waals surface area contributed by atoms with Gasteiger partial charge in [0.1, 0.15) is 0 Å². The summed E-state index contributed by atoms with van der Waals surface area (Å²) < 4.78 is 2.15. The number of nitrogens with two attached hydrogens (primary N) is 1. The molecule has 0 saturated carbocycles. The van der Waals surface area contributed by atoms with Crippen molar-refractivity contribution in [3.63, 3.8) is 0 Å². The molecule has 0 atom stereocenters. The zero-order valence-electron chi connectivity index (χ0n) is 12.0. The monoisotopic (exact) mass is 263 g/mol. The molecule has 0 aliphatic carbocycles. The van der Waals surface area contributed by atoms with Crippen LogP contribution in [0.4, 0.5) is 5.95 Å². The minimum absolute atomic E-state index is 0.577. The van der Waals surface area contributed by atoms with Crippen molar-refractivity contribution in [3.05, 3.63) is 17.5 Å². The molecule has 1 aliphatic heterocycles. The number of likely N-dealkylation sites (N-methyl/N-ethyl adjacent to an activating group) is 1. The van der Waals surface area contributed by atoms with Crippen molar-refractivity contribution in [1.29, 1.82) is 0 Å². The van der Waals surface area contributed by atoms with Crippen molar-refractivity contribution in [2.75, 3.05) is 38.0 Å². The molecule has 0 amide bonds. The molecule has 1 saturated heterocycles. The van der Waals surface area contributed by atoms with Gasteiger partial charge in [-0.2, -0.15) is 0 Å². The van der Waals surface area contributed by atoms with Crippen LogP contribution in [0.1, 0.15) is 18.3 Å². The molecule has 2 heterocycles. The lowest BCUT2D eigenvalue weighted by Crippen LogP contribution is -2.47. The summed E-state index contributed by atoms with van der Waals surface area (Å²) in [5.41, 5.74) is 7.99. The fraction of sp³-hybridized carbons (Fsp3) is 0.615. The Balaban J connectivity index is 2.06. The predicted octanol–water partition coefficient (Wildman–Crippen LogP) is 0.168. The molecule has 0 unspecified atom stereocenters. The first kappa shape index (κ1) is 13.7. The zero-order chi connectivity index (χ0) is 13.8. The van der Waals surface area contributed by atoms with E-state index in [1.54, 1.807) is 0 Å². The number of nitrogens with zero attached hydrogens (tertiary/aromatic N) is 4. The maximum absolute atomic E-state index is 6.10. The Hall–Kier alpha value is -1.69. The highest BCUT2D eigenvalue weighted by Crippen LogP contribution is 2.03. The molecule has 6 heteroatoms. The van der Waals surface area contributed by atoms with E-state index >= 15 is 0 Å². The number of piperazine rings is 1. The van der Waals surface area contributed by atoms with E-state index in [1.807, 2.05) is 19.9 Å². The third-order valence-electron chi connectivity index (χ3n) is 3.38. The number of anilines is 1. The molecule has 19 heavy (non-hydrogen) atoms. The largest absolute Gasteiger partial charge is 0.350 e. The predicted molar refractivity (Wildman–Crippen MR) is 76.4 cm³/mol. The Kier molecular flexibility index (Phi) is 4.31. The lowest BCUT2D eigenvalue weighted by molar-refractivity contribution is -0.540. The second-order valence-electron chi connectivity index (χ2n) is 4.91. The van der Waals surface area contributed by atoms with Crippen molar-refractivity contribution in [2.24, 2.45) is 5.73 Å². The van der Waals surface area contributed by atoms with E-state index in [9.17, 15) is 0 Å². The third kappa shape index (κ3) is 3.64. The van der Waals surface area contributed by atoms with Crippen LogP contribution in [0.15, 0.2) is 6.07 Å². The van der Waals surface area contributed by atoms with E-state index in [0.717, 1.165) is 44.1 Å². The molecule has 104 valence electrons. The minimum atomic E-state index is 0.577. The molecule has 2 rings (SSSR count). The highest BCUT2D eigenvalue weighted by Gasteiger charge is 2.18.